The van der Waals surface area contributed by atoms with Crippen LogP contribution in [0.15, 0.2) is 35.4 Å². The van der Waals surface area contributed by atoms with E-state index in [9.17, 15) is 8.42 Å². The van der Waals surface area contributed by atoms with Crippen LogP contribution in [0.25, 0.3) is 0 Å². The Morgan fingerprint density at radius 2 is 1.87 bits per heavy atom. The van der Waals surface area contributed by atoms with Gasteiger partial charge in [-0.25, -0.2) is 17.2 Å². The van der Waals surface area contributed by atoms with Crippen molar-refractivity contribution < 1.29 is 17.2 Å². The molecule has 1 saturated carbocycles. The highest BCUT2D eigenvalue weighted by Gasteiger charge is 2.35. The van der Waals surface area contributed by atoms with Crippen molar-refractivity contribution in [1.82, 2.24) is 29.9 Å². The molecule has 1 aliphatic carbocycles. The summed E-state index contributed by atoms with van der Waals surface area (Å²) in [5.41, 5.74) is 2.36. The van der Waals surface area contributed by atoms with E-state index >= 15 is 8.78 Å². The van der Waals surface area contributed by atoms with Gasteiger partial charge in [-0.3, -0.25) is 9.78 Å². The molecular weight excluding hydrogens is 528 g/mol. The molecule has 14 heteroatoms. The highest BCUT2D eigenvalue weighted by atomic mass is 32.2. The zero-order chi connectivity index (χ0) is 27.5. The number of hydrogen-bond donors (Lipinski definition) is 2. The Labute approximate surface area is 223 Å². The average Bonchev–Trinajstić information content (AvgIpc) is 3.46. The van der Waals surface area contributed by atoms with Crippen molar-refractivity contribution in [3.8, 4) is 0 Å². The highest BCUT2D eigenvalue weighted by Crippen LogP contribution is 2.48. The van der Waals surface area contributed by atoms with E-state index < -0.39 is 32.1 Å². The zero-order valence-electron chi connectivity index (χ0n) is 21.6. The van der Waals surface area contributed by atoms with E-state index in [1.54, 1.807) is 6.20 Å². The van der Waals surface area contributed by atoms with Crippen molar-refractivity contribution in [2.24, 2.45) is 0 Å². The van der Waals surface area contributed by atoms with Gasteiger partial charge < -0.3 is 15.1 Å². The molecule has 39 heavy (non-hydrogen) atoms. The molecule has 6 rings (SSSR count). The maximum atomic E-state index is 15.2. The van der Waals surface area contributed by atoms with Crippen molar-refractivity contribution in [3.05, 3.63) is 59.0 Å². The van der Waals surface area contributed by atoms with Gasteiger partial charge in [0.05, 0.1) is 23.7 Å². The Morgan fingerprint density at radius 3 is 2.51 bits per heavy atom. The van der Waals surface area contributed by atoms with Crippen LogP contribution in [0, 0.1) is 18.6 Å². The molecule has 0 unspecified atom stereocenters. The van der Waals surface area contributed by atoms with Gasteiger partial charge in [-0.05, 0) is 43.9 Å². The van der Waals surface area contributed by atoms with E-state index in [1.807, 2.05) is 23.7 Å². The van der Waals surface area contributed by atoms with E-state index in [4.69, 9.17) is 9.97 Å². The Balaban J connectivity index is 1.48. The topological polar surface area (TPSA) is 125 Å². The maximum absolute atomic E-state index is 15.2. The Bertz CT molecular complexity index is 1660. The summed E-state index contributed by atoms with van der Waals surface area (Å²) in [6, 6.07) is 5.41. The summed E-state index contributed by atoms with van der Waals surface area (Å²) < 4.78 is 56.1. The Morgan fingerprint density at radius 1 is 1.13 bits per heavy atom. The first kappa shape index (κ1) is 25.2. The summed E-state index contributed by atoms with van der Waals surface area (Å²) in [7, 11) is -2.36. The molecule has 3 aromatic heterocycles. The molecule has 204 valence electrons. The molecule has 0 amide bonds. The molecule has 11 nitrogen and oxygen atoms in total. The van der Waals surface area contributed by atoms with Crippen molar-refractivity contribution >= 4 is 38.9 Å². The monoisotopic (exact) mass is 555 g/mol. The molecule has 4 aromatic rings. The van der Waals surface area contributed by atoms with Crippen molar-refractivity contribution in [2.75, 3.05) is 35.0 Å². The fourth-order valence-electron chi connectivity index (χ4n) is 4.83. The minimum Gasteiger partial charge on any atom is -0.348 e. The lowest BCUT2D eigenvalue weighted by Gasteiger charge is -2.32. The predicted molar refractivity (Wildman–Crippen MR) is 141 cm³/mol. The van der Waals surface area contributed by atoms with Crippen LogP contribution in [-0.2, 0) is 22.9 Å². The lowest BCUT2D eigenvalue weighted by Crippen LogP contribution is -2.35. The second-order valence-electron chi connectivity index (χ2n) is 9.98. The van der Waals surface area contributed by atoms with Gasteiger partial charge in [0, 0.05) is 43.4 Å². The second kappa shape index (κ2) is 9.29. The summed E-state index contributed by atoms with van der Waals surface area (Å²) in [6.07, 6.45) is 4.61. The summed E-state index contributed by atoms with van der Waals surface area (Å²) >= 11 is 0. The van der Waals surface area contributed by atoms with Crippen LogP contribution in [0.4, 0.5) is 37.9 Å². The van der Waals surface area contributed by atoms with Crippen LogP contribution in [0.1, 0.15) is 35.7 Å². The van der Waals surface area contributed by atoms with Crippen LogP contribution in [-0.4, -0.2) is 58.2 Å². The third-order valence-corrected chi connectivity index (χ3v) is 8.04. The van der Waals surface area contributed by atoms with Gasteiger partial charge in [-0.2, -0.15) is 20.2 Å². The lowest BCUT2D eigenvalue weighted by molar-refractivity contribution is 0.516. The molecule has 1 aromatic carbocycles. The smallest absolute Gasteiger partial charge is 0.233 e. The van der Waals surface area contributed by atoms with Gasteiger partial charge in [0.15, 0.2) is 27.3 Å². The van der Waals surface area contributed by atoms with E-state index in [-0.39, 0.29) is 11.9 Å². The van der Waals surface area contributed by atoms with Gasteiger partial charge in [-0.1, -0.05) is 0 Å². The number of benzene rings is 1. The number of aromatic nitrogens is 6. The number of aryl methyl sites for hydroxylation is 1. The van der Waals surface area contributed by atoms with Gasteiger partial charge in [0.25, 0.3) is 0 Å². The van der Waals surface area contributed by atoms with E-state index in [0.29, 0.717) is 37.1 Å². The largest absolute Gasteiger partial charge is 0.348 e. The number of hydrogen-bond acceptors (Lipinski definition) is 9. The number of H-pyrrole nitrogens is 1. The Hall–Kier alpha value is -4.07. The molecule has 2 aliphatic rings. The highest BCUT2D eigenvalue weighted by molar-refractivity contribution is 7.90. The average molecular weight is 556 g/mol. The standard InChI is InChI=1S/C25H27F2N9O2S/c1-14-10-20(33-32-14)29-23-21(15-4-5-15)24(35-8-9-36-16(13-35)6-7-28-36)31-25(30-23)34(2)22-18(26)11-17(12-19(22)27)39(3,37)38/h6-7,10-12,15H,4-5,8-9,13H2,1-3H3,(H2,29,30,31,32,33). The molecule has 1 fully saturated rings. The number of nitrogens with one attached hydrogen (secondary N) is 2. The van der Waals surface area contributed by atoms with Crippen molar-refractivity contribution in [1.29, 1.82) is 0 Å². The van der Waals surface area contributed by atoms with Gasteiger partial charge in [0.2, 0.25) is 5.95 Å². The van der Waals surface area contributed by atoms with Crippen LogP contribution in [0.3, 0.4) is 0 Å². The number of fused-ring (bicyclic) bond motifs is 1. The summed E-state index contributed by atoms with van der Waals surface area (Å²) in [6.45, 7) is 3.75. The Kier molecular flexibility index (Phi) is 6.01. The van der Waals surface area contributed by atoms with Gasteiger partial charge in [-0.15, -0.1) is 0 Å². The molecule has 0 spiro atoms. The van der Waals surface area contributed by atoms with E-state index in [0.717, 1.165) is 48.2 Å². The second-order valence-corrected chi connectivity index (χ2v) is 12.0. The molecule has 0 saturated heterocycles. The predicted octanol–water partition coefficient (Wildman–Crippen LogP) is 3.80. The first-order chi connectivity index (χ1) is 18.6. The lowest BCUT2D eigenvalue weighted by atomic mass is 10.1. The molecule has 0 radical (unpaired) electrons. The minimum absolute atomic E-state index is 0.0492. The molecule has 0 bridgehead atoms. The van der Waals surface area contributed by atoms with Crippen molar-refractivity contribution in [3.63, 3.8) is 0 Å². The summed E-state index contributed by atoms with van der Waals surface area (Å²) in [5, 5.41) is 14.8. The quantitative estimate of drug-likeness (QED) is 0.350. The number of halogens is 2. The van der Waals surface area contributed by atoms with Crippen molar-refractivity contribution in [2.45, 2.75) is 43.7 Å². The summed E-state index contributed by atoms with van der Waals surface area (Å²) in [4.78, 5) is 12.4. The maximum Gasteiger partial charge on any atom is 0.233 e. The normalized spacial score (nSPS) is 15.4. The molecule has 1 aliphatic heterocycles. The number of aromatic amines is 1. The number of anilines is 5. The summed E-state index contributed by atoms with van der Waals surface area (Å²) in [5.74, 6) is -0.0559. The molecular formula is C25H27F2N9O2S. The van der Waals surface area contributed by atoms with Gasteiger partial charge >= 0.3 is 0 Å². The molecule has 4 heterocycles. The first-order valence-corrected chi connectivity index (χ1v) is 14.4. The number of sulfone groups is 1. The van der Waals surface area contributed by atoms with E-state index in [2.05, 4.69) is 25.5 Å². The van der Waals surface area contributed by atoms with E-state index in [1.165, 1.54) is 11.9 Å². The number of nitrogens with zero attached hydrogens (tertiary/aromatic N) is 7. The zero-order valence-corrected chi connectivity index (χ0v) is 22.4. The SMILES string of the molecule is Cc1cc(Nc2nc(N(C)c3c(F)cc(S(C)(=O)=O)cc3F)nc(N3CCn4nccc4C3)c2C2CC2)n[nH]1. The van der Waals surface area contributed by atoms with Crippen LogP contribution in [0.5, 0.6) is 0 Å². The van der Waals surface area contributed by atoms with Crippen LogP contribution >= 0.6 is 0 Å². The minimum atomic E-state index is -3.81. The first-order valence-electron chi connectivity index (χ1n) is 12.5. The molecule has 2 N–H and O–H groups in total. The van der Waals surface area contributed by atoms with Crippen LogP contribution in [0.2, 0.25) is 0 Å². The fourth-order valence-corrected chi connectivity index (χ4v) is 5.46. The fraction of sp³-hybridized carbons (Fsp3) is 0.360. The molecule has 0 atom stereocenters. The third kappa shape index (κ3) is 4.80. The third-order valence-electron chi connectivity index (χ3n) is 6.94. The number of rotatable bonds is 7. The van der Waals surface area contributed by atoms with Gasteiger partial charge in [0.1, 0.15) is 17.3 Å². The van der Waals surface area contributed by atoms with Crippen LogP contribution < -0.4 is 15.1 Å².